The zero-order valence-electron chi connectivity index (χ0n) is 35.7. The molecule has 0 heterocycles. The summed E-state index contributed by atoms with van der Waals surface area (Å²) in [6.45, 7) is 28.3. The minimum absolute atomic E-state index is 0.0831. The van der Waals surface area contributed by atoms with Crippen LogP contribution in [0.5, 0.6) is 0 Å². The summed E-state index contributed by atoms with van der Waals surface area (Å²) in [4.78, 5) is 13.2. The van der Waals surface area contributed by atoms with E-state index in [4.69, 9.17) is 13.3 Å². The number of hydrogen-bond donors (Lipinski definition) is 0. The van der Waals surface area contributed by atoms with E-state index >= 15 is 0 Å². The highest BCUT2D eigenvalue weighted by molar-refractivity contribution is 7.00. The summed E-state index contributed by atoms with van der Waals surface area (Å²) < 4.78 is 21.5. The first-order chi connectivity index (χ1) is 25.7. The van der Waals surface area contributed by atoms with Gasteiger partial charge in [-0.05, 0) is 54.9 Å². The van der Waals surface area contributed by atoms with E-state index in [1.54, 1.807) is 0 Å². The summed E-state index contributed by atoms with van der Waals surface area (Å²) in [6.07, 6.45) is 0.728. The van der Waals surface area contributed by atoms with Crippen LogP contribution in [0.15, 0.2) is 121 Å². The first-order valence-electron chi connectivity index (χ1n) is 19.8. The van der Waals surface area contributed by atoms with Crippen molar-refractivity contribution in [3.8, 4) is 11.8 Å². The van der Waals surface area contributed by atoms with Gasteiger partial charge >= 0.3 is 0 Å². The molecule has 0 bridgehead atoms. The Kier molecular flexibility index (Phi) is 14.4. The largest absolute Gasteiger partial charge is 0.416 e. The third-order valence-corrected chi connectivity index (χ3v) is 26.0. The molecule has 0 aromatic heterocycles. The fourth-order valence-electron chi connectivity index (χ4n) is 7.27. The van der Waals surface area contributed by atoms with Crippen molar-refractivity contribution in [2.45, 2.75) is 110 Å². The zero-order valence-corrected chi connectivity index (χ0v) is 38.7. The predicted molar refractivity (Wildman–Crippen MR) is 240 cm³/mol. The average Bonchev–Trinajstić information content (AvgIpc) is 3.12. The molecule has 0 N–H and O–H groups in total. The number of Topliss-reactive ketones (excluding diaryl/α,β-unsaturated/α-hetero) is 1. The van der Waals surface area contributed by atoms with Crippen molar-refractivity contribution in [1.29, 1.82) is 0 Å². The Morgan fingerprint density at radius 2 is 0.836 bits per heavy atom. The lowest BCUT2D eigenvalue weighted by Crippen LogP contribution is -2.68. The quantitative estimate of drug-likeness (QED) is 0.0684. The van der Waals surface area contributed by atoms with E-state index in [2.05, 4.69) is 215 Å². The maximum Gasteiger partial charge on any atom is 0.261 e. The predicted octanol–water partition coefficient (Wildman–Crippen LogP) is 9.52. The van der Waals surface area contributed by atoms with E-state index in [1.165, 1.54) is 20.7 Å². The van der Waals surface area contributed by atoms with Crippen molar-refractivity contribution < 1.29 is 18.1 Å². The number of rotatable bonds is 15. The molecular formula is C48H66O4Si3. The summed E-state index contributed by atoms with van der Waals surface area (Å²) >= 11 is 0. The summed E-state index contributed by atoms with van der Waals surface area (Å²) in [7, 11) is -7.72. The average molecular weight is 791 g/mol. The fraction of sp³-hybridized carbons (Fsp3) is 0.438. The molecule has 4 aromatic rings. The molecule has 0 amide bonds. The van der Waals surface area contributed by atoms with Crippen LogP contribution in [0.1, 0.15) is 82.1 Å². The van der Waals surface area contributed by atoms with Crippen LogP contribution in [0.2, 0.25) is 28.2 Å². The second-order valence-electron chi connectivity index (χ2n) is 19.0. The summed E-state index contributed by atoms with van der Waals surface area (Å²) in [5.41, 5.74) is -0.551. The molecule has 4 nitrogen and oxygen atoms in total. The number of ketones is 1. The van der Waals surface area contributed by atoms with E-state index in [9.17, 15) is 4.79 Å². The molecule has 0 saturated heterocycles. The van der Waals surface area contributed by atoms with Crippen LogP contribution in [0.25, 0.3) is 0 Å². The van der Waals surface area contributed by atoms with E-state index in [-0.39, 0.29) is 27.3 Å². The van der Waals surface area contributed by atoms with Gasteiger partial charge in [-0.2, -0.15) is 0 Å². The Bertz CT molecular complexity index is 1680. The van der Waals surface area contributed by atoms with Crippen molar-refractivity contribution >= 4 is 51.5 Å². The van der Waals surface area contributed by atoms with Gasteiger partial charge in [0.05, 0.1) is 0 Å². The topological polar surface area (TPSA) is 44.8 Å². The Balaban J connectivity index is 1.77. The van der Waals surface area contributed by atoms with Gasteiger partial charge < -0.3 is 13.3 Å². The second kappa shape index (κ2) is 17.8. The molecule has 0 unspecified atom stereocenters. The van der Waals surface area contributed by atoms with Gasteiger partial charge in [-0.1, -0.05) is 196 Å². The van der Waals surface area contributed by atoms with Gasteiger partial charge in [0, 0.05) is 38.1 Å². The SMILES string of the molecule is CC(CC#CC(=O)CCO[Si](C)(C)C(C)(C)C)(CO[Si](c1ccccc1)(c1ccccc1)C(C)(C)C)CO[Si](c1ccccc1)(c1ccccc1)C(C)(C)C. The van der Waals surface area contributed by atoms with Gasteiger partial charge in [-0.15, -0.1) is 0 Å². The number of benzene rings is 4. The number of hydrogen-bond acceptors (Lipinski definition) is 4. The first-order valence-corrected chi connectivity index (χ1v) is 26.6. The van der Waals surface area contributed by atoms with Crippen LogP contribution >= 0.6 is 0 Å². The Labute approximate surface area is 336 Å². The Hall–Kier alpha value is -3.36. The highest BCUT2D eigenvalue weighted by Gasteiger charge is 2.53. The van der Waals surface area contributed by atoms with Gasteiger partial charge in [0.1, 0.15) is 0 Å². The van der Waals surface area contributed by atoms with Crippen molar-refractivity contribution in [2.24, 2.45) is 5.41 Å². The van der Waals surface area contributed by atoms with Gasteiger partial charge in [0.25, 0.3) is 16.6 Å². The highest BCUT2D eigenvalue weighted by atomic mass is 28.4. The number of carbonyl (C=O) groups is 1. The van der Waals surface area contributed by atoms with Gasteiger partial charge in [0.2, 0.25) is 5.78 Å². The molecule has 4 rings (SSSR count). The van der Waals surface area contributed by atoms with Crippen LogP contribution in [0, 0.1) is 17.3 Å². The third kappa shape index (κ3) is 10.3. The van der Waals surface area contributed by atoms with Crippen LogP contribution in [-0.2, 0) is 18.1 Å². The standard InChI is InChI=1S/C48H66O4Si3/c1-45(2,3)53(11,12)50-37-35-40(49)26-25-36-48(10,38-51-54(46(4,5)6,41-27-17-13-18-28-41)42-29-19-14-20-30-42)39-52-55(47(7,8)9,43-31-21-15-22-32-43)44-33-23-16-24-34-44/h13-24,27-34H,35-39H2,1-12H3. The molecule has 0 aliphatic carbocycles. The lowest BCUT2D eigenvalue weighted by molar-refractivity contribution is -0.114. The zero-order chi connectivity index (χ0) is 40.6. The van der Waals surface area contributed by atoms with Gasteiger partial charge in [-0.25, -0.2) is 0 Å². The lowest BCUT2D eigenvalue weighted by atomic mass is 9.89. The van der Waals surface area contributed by atoms with Crippen LogP contribution < -0.4 is 20.7 Å². The molecule has 294 valence electrons. The fourth-order valence-corrected chi connectivity index (χ4v) is 17.8. The van der Waals surface area contributed by atoms with Gasteiger partial charge in [-0.3, -0.25) is 4.79 Å². The van der Waals surface area contributed by atoms with Crippen molar-refractivity contribution in [3.63, 3.8) is 0 Å². The monoisotopic (exact) mass is 790 g/mol. The second-order valence-corrected chi connectivity index (χ2v) is 32.4. The van der Waals surface area contributed by atoms with Crippen LogP contribution in [0.4, 0.5) is 0 Å². The normalized spacial score (nSPS) is 13.2. The molecular weight excluding hydrogens is 725 g/mol. The summed E-state index contributed by atoms with van der Waals surface area (Å²) in [6, 6.07) is 43.0. The van der Waals surface area contributed by atoms with Crippen molar-refractivity contribution in [2.75, 3.05) is 19.8 Å². The molecule has 4 aromatic carbocycles. The molecule has 0 saturated carbocycles. The maximum absolute atomic E-state index is 13.2. The first kappa shape index (κ1) is 44.4. The van der Waals surface area contributed by atoms with E-state index in [0.717, 1.165) is 0 Å². The minimum atomic E-state index is -2.88. The molecule has 55 heavy (non-hydrogen) atoms. The van der Waals surface area contributed by atoms with Crippen molar-refractivity contribution in [1.82, 2.24) is 0 Å². The van der Waals surface area contributed by atoms with E-state index in [1.807, 2.05) is 0 Å². The summed E-state index contributed by atoms with van der Waals surface area (Å²) in [5.74, 6) is 6.25. The molecule has 0 fully saturated rings. The Morgan fingerprint density at radius 1 is 0.509 bits per heavy atom. The maximum atomic E-state index is 13.2. The molecule has 0 aliphatic heterocycles. The van der Waals surface area contributed by atoms with E-state index in [0.29, 0.717) is 26.2 Å². The highest BCUT2D eigenvalue weighted by Crippen LogP contribution is 2.41. The Morgan fingerprint density at radius 3 is 1.13 bits per heavy atom. The molecule has 7 heteroatoms. The van der Waals surface area contributed by atoms with E-state index < -0.39 is 30.4 Å². The van der Waals surface area contributed by atoms with Crippen molar-refractivity contribution in [3.05, 3.63) is 121 Å². The number of carbonyl (C=O) groups excluding carboxylic acids is 1. The van der Waals surface area contributed by atoms with Crippen LogP contribution in [-0.4, -0.2) is 50.6 Å². The summed E-state index contributed by atoms with van der Waals surface area (Å²) in [5, 5.41) is 4.61. The van der Waals surface area contributed by atoms with Crippen LogP contribution in [0.3, 0.4) is 0 Å². The molecule has 0 spiro atoms. The molecule has 0 aliphatic rings. The smallest absolute Gasteiger partial charge is 0.261 e. The third-order valence-electron chi connectivity index (χ3n) is 11.4. The minimum Gasteiger partial charge on any atom is -0.416 e. The lowest BCUT2D eigenvalue weighted by Gasteiger charge is -2.47. The molecule has 0 atom stereocenters. The molecule has 0 radical (unpaired) electrons. The van der Waals surface area contributed by atoms with Gasteiger partial charge in [0.15, 0.2) is 8.32 Å².